The summed E-state index contributed by atoms with van der Waals surface area (Å²) in [4.78, 5) is 24.0. The molecule has 0 aliphatic rings. The monoisotopic (exact) mass is 777 g/mol. The lowest BCUT2D eigenvalue weighted by Gasteiger charge is -2.15. The van der Waals surface area contributed by atoms with Crippen LogP contribution in [0.3, 0.4) is 0 Å². The zero-order chi connectivity index (χ0) is 40.7. The van der Waals surface area contributed by atoms with Crippen LogP contribution < -0.4 is 0 Å². The van der Waals surface area contributed by atoms with Gasteiger partial charge in [0.2, 0.25) is 0 Å². The largest absolute Gasteiger partial charge is 0.462 e. The molecule has 0 radical (unpaired) electrons. The number of aliphatic hydroxyl groups excluding tert-OH is 1. The standard InChI is InChI=1S/C51H84O5/c1-3-5-7-9-10-11-12-13-14-15-16-17-18-19-20-21-22-23-24-25-26-27-28-29-30-31-32-33-34-35-36-37-38-39-40-42-44-46-51(54)56-49(47-52)48-55-50(53)45-43-41-8-6-4-2/h5,7,10-11,13-14,16-17,19-20,22-23,25-26,28-29,49,52H,3-4,6,8-9,12,15,18,21,24,27,30-48H2,1-2H3/b7-5-,11-10-,14-13-,17-16-,20-19-,23-22-,26-25-,29-28-. The summed E-state index contributed by atoms with van der Waals surface area (Å²) in [5.74, 6) is -0.612. The maximum atomic E-state index is 12.1. The van der Waals surface area contributed by atoms with Gasteiger partial charge in [0.15, 0.2) is 6.10 Å². The van der Waals surface area contributed by atoms with Gasteiger partial charge in [0.05, 0.1) is 6.61 Å². The molecule has 0 aliphatic carbocycles. The van der Waals surface area contributed by atoms with Gasteiger partial charge in [0.1, 0.15) is 6.61 Å². The molecular weight excluding hydrogens is 693 g/mol. The average molecular weight is 777 g/mol. The second-order valence-corrected chi connectivity index (χ2v) is 14.8. The molecule has 1 N–H and O–H groups in total. The average Bonchev–Trinajstić information content (AvgIpc) is 3.20. The zero-order valence-corrected chi connectivity index (χ0v) is 36.1. The number of carbonyl (C=O) groups excluding carboxylic acids is 2. The lowest BCUT2D eigenvalue weighted by molar-refractivity contribution is -0.161. The fourth-order valence-corrected chi connectivity index (χ4v) is 5.98. The molecule has 0 aromatic heterocycles. The topological polar surface area (TPSA) is 72.8 Å². The smallest absolute Gasteiger partial charge is 0.306 e. The van der Waals surface area contributed by atoms with E-state index in [9.17, 15) is 14.7 Å². The molecule has 0 fully saturated rings. The van der Waals surface area contributed by atoms with Gasteiger partial charge in [-0.3, -0.25) is 9.59 Å². The predicted octanol–water partition coefficient (Wildman–Crippen LogP) is 14.8. The Morgan fingerprint density at radius 2 is 0.768 bits per heavy atom. The first-order chi connectivity index (χ1) is 27.6. The van der Waals surface area contributed by atoms with E-state index in [0.717, 1.165) is 89.9 Å². The summed E-state index contributed by atoms with van der Waals surface area (Å²) >= 11 is 0. The molecule has 0 amide bonds. The quantitative estimate of drug-likeness (QED) is 0.0381. The number of ether oxygens (including phenoxy) is 2. The van der Waals surface area contributed by atoms with Crippen molar-refractivity contribution in [1.82, 2.24) is 0 Å². The Morgan fingerprint density at radius 1 is 0.429 bits per heavy atom. The first-order valence-electron chi connectivity index (χ1n) is 22.8. The van der Waals surface area contributed by atoms with Gasteiger partial charge in [-0.15, -0.1) is 0 Å². The van der Waals surface area contributed by atoms with Gasteiger partial charge in [-0.25, -0.2) is 0 Å². The number of aliphatic hydroxyl groups is 1. The molecule has 0 saturated heterocycles. The Morgan fingerprint density at radius 3 is 1.16 bits per heavy atom. The maximum absolute atomic E-state index is 12.1. The van der Waals surface area contributed by atoms with E-state index in [1.807, 2.05) is 0 Å². The molecule has 0 aromatic carbocycles. The van der Waals surface area contributed by atoms with Crippen LogP contribution in [0.25, 0.3) is 0 Å². The number of allylic oxidation sites excluding steroid dienone is 16. The van der Waals surface area contributed by atoms with Gasteiger partial charge in [-0.2, -0.15) is 0 Å². The highest BCUT2D eigenvalue weighted by Gasteiger charge is 2.16. The summed E-state index contributed by atoms with van der Waals surface area (Å²) in [5, 5.41) is 9.49. The van der Waals surface area contributed by atoms with E-state index in [4.69, 9.17) is 9.47 Å². The van der Waals surface area contributed by atoms with Crippen LogP contribution in [0.2, 0.25) is 0 Å². The Hall–Kier alpha value is -3.18. The van der Waals surface area contributed by atoms with Crippen molar-refractivity contribution in [2.24, 2.45) is 0 Å². The van der Waals surface area contributed by atoms with E-state index >= 15 is 0 Å². The van der Waals surface area contributed by atoms with Gasteiger partial charge < -0.3 is 14.6 Å². The second kappa shape index (κ2) is 46.2. The fourth-order valence-electron chi connectivity index (χ4n) is 5.98. The van der Waals surface area contributed by atoms with Gasteiger partial charge in [0.25, 0.3) is 0 Å². The van der Waals surface area contributed by atoms with Crippen LogP contribution in [0, 0.1) is 0 Å². The second-order valence-electron chi connectivity index (χ2n) is 14.8. The van der Waals surface area contributed by atoms with Crippen molar-refractivity contribution >= 4 is 11.9 Å². The zero-order valence-electron chi connectivity index (χ0n) is 36.1. The predicted molar refractivity (Wildman–Crippen MR) is 242 cm³/mol. The number of rotatable bonds is 40. The van der Waals surface area contributed by atoms with Crippen molar-refractivity contribution in [3.8, 4) is 0 Å². The van der Waals surface area contributed by atoms with Crippen LogP contribution in [0.1, 0.15) is 194 Å². The normalized spacial score (nSPS) is 13.1. The molecule has 5 heteroatoms. The lowest BCUT2D eigenvalue weighted by Crippen LogP contribution is -2.28. The molecular formula is C51H84O5. The minimum atomic E-state index is -0.771. The van der Waals surface area contributed by atoms with Crippen molar-refractivity contribution in [2.45, 2.75) is 200 Å². The van der Waals surface area contributed by atoms with Crippen molar-refractivity contribution in [3.63, 3.8) is 0 Å². The molecule has 5 nitrogen and oxygen atoms in total. The van der Waals surface area contributed by atoms with E-state index < -0.39 is 6.10 Å². The third kappa shape index (κ3) is 43.5. The van der Waals surface area contributed by atoms with Crippen molar-refractivity contribution < 1.29 is 24.2 Å². The van der Waals surface area contributed by atoms with Crippen molar-refractivity contribution in [2.75, 3.05) is 13.2 Å². The van der Waals surface area contributed by atoms with E-state index in [-0.39, 0.29) is 25.2 Å². The Labute approximate surface area is 345 Å². The van der Waals surface area contributed by atoms with Crippen molar-refractivity contribution in [1.29, 1.82) is 0 Å². The first kappa shape index (κ1) is 52.8. The summed E-state index contributed by atoms with van der Waals surface area (Å²) in [6.45, 7) is 3.92. The van der Waals surface area contributed by atoms with Crippen LogP contribution in [0.4, 0.5) is 0 Å². The van der Waals surface area contributed by atoms with E-state index in [2.05, 4.69) is 111 Å². The molecule has 0 aromatic rings. The molecule has 1 unspecified atom stereocenters. The highest BCUT2D eigenvalue weighted by Crippen LogP contribution is 2.14. The minimum Gasteiger partial charge on any atom is -0.462 e. The number of hydrogen-bond donors (Lipinski definition) is 1. The molecule has 56 heavy (non-hydrogen) atoms. The first-order valence-corrected chi connectivity index (χ1v) is 22.8. The van der Waals surface area contributed by atoms with Crippen LogP contribution >= 0.6 is 0 Å². The van der Waals surface area contributed by atoms with Crippen LogP contribution in [0.5, 0.6) is 0 Å². The molecule has 0 bridgehead atoms. The van der Waals surface area contributed by atoms with Gasteiger partial charge in [-0.05, 0) is 77.0 Å². The van der Waals surface area contributed by atoms with Gasteiger partial charge >= 0.3 is 11.9 Å². The minimum absolute atomic E-state index is 0.0703. The van der Waals surface area contributed by atoms with Gasteiger partial charge in [0, 0.05) is 12.8 Å². The highest BCUT2D eigenvalue weighted by atomic mass is 16.6. The summed E-state index contributed by atoms with van der Waals surface area (Å²) < 4.78 is 10.5. The number of hydrogen-bond acceptors (Lipinski definition) is 5. The Balaban J connectivity index is 3.52. The number of esters is 2. The molecule has 0 spiro atoms. The lowest BCUT2D eigenvalue weighted by atomic mass is 10.0. The summed E-state index contributed by atoms with van der Waals surface area (Å²) in [6.07, 6.45) is 65.4. The Kier molecular flexibility index (Phi) is 43.6. The summed E-state index contributed by atoms with van der Waals surface area (Å²) in [6, 6.07) is 0. The number of unbranched alkanes of at least 4 members (excludes halogenated alkanes) is 16. The molecule has 0 saturated carbocycles. The molecule has 1 atom stereocenters. The van der Waals surface area contributed by atoms with Crippen LogP contribution in [-0.2, 0) is 19.1 Å². The molecule has 0 heterocycles. The van der Waals surface area contributed by atoms with E-state index in [1.165, 1.54) is 77.0 Å². The summed E-state index contributed by atoms with van der Waals surface area (Å²) in [7, 11) is 0. The SMILES string of the molecule is CC/C=C\C/C=C\C/C=C\C/C=C\C/C=C\C/C=C\C/C=C\C/C=C\CCCCCCCCCCCCCCC(=O)OC(CO)COC(=O)CCCCCCC. The number of carbonyl (C=O) groups is 2. The van der Waals surface area contributed by atoms with E-state index in [0.29, 0.717) is 12.8 Å². The Bertz CT molecular complexity index is 1110. The third-order valence-electron chi connectivity index (χ3n) is 9.39. The van der Waals surface area contributed by atoms with Gasteiger partial charge in [-0.1, -0.05) is 201 Å². The van der Waals surface area contributed by atoms with E-state index in [1.54, 1.807) is 0 Å². The summed E-state index contributed by atoms with van der Waals surface area (Å²) in [5.41, 5.74) is 0. The molecule has 0 aliphatic heterocycles. The van der Waals surface area contributed by atoms with Crippen LogP contribution in [-0.4, -0.2) is 36.4 Å². The van der Waals surface area contributed by atoms with Crippen LogP contribution in [0.15, 0.2) is 97.2 Å². The highest BCUT2D eigenvalue weighted by molar-refractivity contribution is 5.70. The van der Waals surface area contributed by atoms with Crippen molar-refractivity contribution in [3.05, 3.63) is 97.2 Å². The molecule has 0 rings (SSSR count). The molecule has 318 valence electrons. The maximum Gasteiger partial charge on any atom is 0.306 e. The fraction of sp³-hybridized carbons (Fsp3) is 0.647. The third-order valence-corrected chi connectivity index (χ3v) is 9.39.